The van der Waals surface area contributed by atoms with E-state index in [1.54, 1.807) is 30.5 Å². The number of sulfonamides is 1. The number of hydrogen-bond acceptors (Lipinski definition) is 4. The van der Waals surface area contributed by atoms with Crippen molar-refractivity contribution in [1.82, 2.24) is 15.0 Å². The molecule has 0 atom stereocenters. The van der Waals surface area contributed by atoms with Crippen LogP contribution >= 0.6 is 0 Å². The summed E-state index contributed by atoms with van der Waals surface area (Å²) in [7, 11) is -3.47. The normalized spacial score (nSPS) is 15.0. The van der Waals surface area contributed by atoms with E-state index in [0.717, 1.165) is 36.9 Å². The molecular formula is C20H25N3O3S. The number of hydrogen-bond donors (Lipinski definition) is 2. The molecule has 1 aromatic carbocycles. The van der Waals surface area contributed by atoms with Crippen molar-refractivity contribution in [3.05, 3.63) is 59.9 Å². The van der Waals surface area contributed by atoms with Crippen LogP contribution in [0.3, 0.4) is 0 Å². The van der Waals surface area contributed by atoms with Crippen LogP contribution < -0.4 is 10.0 Å². The predicted molar refractivity (Wildman–Crippen MR) is 103 cm³/mol. The Bertz CT molecular complexity index is 846. The zero-order chi connectivity index (χ0) is 19.1. The summed E-state index contributed by atoms with van der Waals surface area (Å²) in [5.41, 5.74) is 1.75. The van der Waals surface area contributed by atoms with E-state index in [2.05, 4.69) is 15.0 Å². The van der Waals surface area contributed by atoms with E-state index >= 15 is 0 Å². The number of aromatic nitrogens is 1. The molecule has 0 saturated heterocycles. The molecule has 3 rings (SSSR count). The first-order valence-corrected chi connectivity index (χ1v) is 10.8. The molecule has 0 bridgehead atoms. The van der Waals surface area contributed by atoms with Crippen molar-refractivity contribution in [1.29, 1.82) is 0 Å². The van der Waals surface area contributed by atoms with Gasteiger partial charge in [0.25, 0.3) is 0 Å². The molecule has 6 nitrogen and oxygen atoms in total. The van der Waals surface area contributed by atoms with Crippen LogP contribution in [0.2, 0.25) is 0 Å². The van der Waals surface area contributed by atoms with Crippen LogP contribution in [0.25, 0.3) is 0 Å². The van der Waals surface area contributed by atoms with E-state index in [1.165, 1.54) is 0 Å². The summed E-state index contributed by atoms with van der Waals surface area (Å²) in [6.07, 6.45) is 6.57. The number of rotatable bonds is 8. The molecule has 0 unspecified atom stereocenters. The van der Waals surface area contributed by atoms with Gasteiger partial charge in [0.2, 0.25) is 15.9 Å². The minimum Gasteiger partial charge on any atom is -0.350 e. The molecule has 144 valence electrons. The molecule has 27 heavy (non-hydrogen) atoms. The minimum absolute atomic E-state index is 0.0532. The lowest BCUT2D eigenvalue weighted by Gasteiger charge is -2.12. The molecule has 0 spiro atoms. The molecule has 0 aliphatic heterocycles. The monoisotopic (exact) mass is 387 g/mol. The molecule has 1 aliphatic rings. The van der Waals surface area contributed by atoms with Crippen LogP contribution in [0.5, 0.6) is 0 Å². The van der Waals surface area contributed by atoms with Crippen LogP contribution in [0.15, 0.2) is 53.6 Å². The fraction of sp³-hybridized carbons (Fsp3) is 0.400. The van der Waals surface area contributed by atoms with Crippen LogP contribution in [-0.4, -0.2) is 25.4 Å². The van der Waals surface area contributed by atoms with Crippen molar-refractivity contribution in [2.45, 2.75) is 56.0 Å². The molecule has 7 heteroatoms. The first kappa shape index (κ1) is 19.5. The van der Waals surface area contributed by atoms with Gasteiger partial charge in [-0.3, -0.25) is 9.78 Å². The summed E-state index contributed by atoms with van der Waals surface area (Å²) < 4.78 is 27.6. The molecule has 1 fully saturated rings. The van der Waals surface area contributed by atoms with E-state index in [4.69, 9.17) is 0 Å². The molecule has 1 aromatic heterocycles. The lowest BCUT2D eigenvalue weighted by Crippen LogP contribution is -2.32. The highest BCUT2D eigenvalue weighted by atomic mass is 32.2. The summed E-state index contributed by atoms with van der Waals surface area (Å²) in [4.78, 5) is 16.4. The van der Waals surface area contributed by atoms with Crippen molar-refractivity contribution >= 4 is 15.9 Å². The largest absolute Gasteiger partial charge is 0.350 e. The fourth-order valence-electron chi connectivity index (χ4n) is 3.20. The predicted octanol–water partition coefficient (Wildman–Crippen LogP) is 2.55. The Balaban J connectivity index is 1.47. The Labute approximate surface area is 160 Å². The minimum atomic E-state index is -3.47. The van der Waals surface area contributed by atoms with Crippen molar-refractivity contribution < 1.29 is 13.2 Å². The average molecular weight is 388 g/mol. The summed E-state index contributed by atoms with van der Waals surface area (Å²) in [6.45, 7) is 0.406. The maximum Gasteiger partial charge on any atom is 0.240 e. The van der Waals surface area contributed by atoms with Crippen LogP contribution in [0, 0.1) is 0 Å². The van der Waals surface area contributed by atoms with Crippen LogP contribution in [0.4, 0.5) is 0 Å². The Morgan fingerprint density at radius 1 is 1.07 bits per heavy atom. The molecule has 2 aromatic rings. The highest BCUT2D eigenvalue weighted by molar-refractivity contribution is 7.89. The second-order valence-corrected chi connectivity index (χ2v) is 8.56. The van der Waals surface area contributed by atoms with Gasteiger partial charge < -0.3 is 5.32 Å². The van der Waals surface area contributed by atoms with Crippen molar-refractivity contribution in [2.24, 2.45) is 0 Å². The first-order valence-electron chi connectivity index (χ1n) is 9.31. The topological polar surface area (TPSA) is 88.2 Å². The highest BCUT2D eigenvalue weighted by Gasteiger charge is 2.22. The number of benzene rings is 1. The van der Waals surface area contributed by atoms with Gasteiger partial charge in [-0.15, -0.1) is 0 Å². The van der Waals surface area contributed by atoms with Crippen molar-refractivity contribution in [2.75, 3.05) is 0 Å². The van der Waals surface area contributed by atoms with Gasteiger partial charge in [0, 0.05) is 18.7 Å². The third-order valence-electron chi connectivity index (χ3n) is 4.74. The van der Waals surface area contributed by atoms with Crippen molar-refractivity contribution in [3.63, 3.8) is 0 Å². The van der Waals surface area contributed by atoms with Crippen LogP contribution in [0.1, 0.15) is 43.4 Å². The average Bonchev–Trinajstić information content (AvgIpc) is 3.18. The molecule has 0 radical (unpaired) electrons. The van der Waals surface area contributed by atoms with Gasteiger partial charge in [0.1, 0.15) is 0 Å². The number of amides is 1. The zero-order valence-electron chi connectivity index (χ0n) is 15.2. The number of carbonyl (C=O) groups is 1. The second-order valence-electron chi connectivity index (χ2n) is 6.84. The van der Waals surface area contributed by atoms with Gasteiger partial charge in [-0.05, 0) is 49.1 Å². The summed E-state index contributed by atoms with van der Waals surface area (Å²) in [5.74, 6) is -0.0553. The number of carbonyl (C=O) groups excluding carboxylic acids is 1. The fourth-order valence-corrected chi connectivity index (χ4v) is 4.51. The lowest BCUT2D eigenvalue weighted by molar-refractivity contribution is -0.121. The van der Waals surface area contributed by atoms with Gasteiger partial charge in [-0.25, -0.2) is 13.1 Å². The number of nitrogens with one attached hydrogen (secondary N) is 2. The van der Waals surface area contributed by atoms with Gasteiger partial charge in [-0.2, -0.15) is 0 Å². The highest BCUT2D eigenvalue weighted by Crippen LogP contribution is 2.20. The van der Waals surface area contributed by atoms with E-state index in [0.29, 0.717) is 19.4 Å². The third kappa shape index (κ3) is 5.87. The Morgan fingerprint density at radius 2 is 1.81 bits per heavy atom. The first-order chi connectivity index (χ1) is 13.0. The van der Waals surface area contributed by atoms with Gasteiger partial charge in [0.15, 0.2) is 0 Å². The van der Waals surface area contributed by atoms with E-state index in [1.807, 2.05) is 18.2 Å². The lowest BCUT2D eigenvalue weighted by atomic mass is 10.1. The molecule has 1 heterocycles. The zero-order valence-corrected chi connectivity index (χ0v) is 16.0. The molecular weight excluding hydrogens is 362 g/mol. The number of nitrogens with zero attached hydrogens (tertiary/aromatic N) is 1. The second kappa shape index (κ2) is 9.10. The van der Waals surface area contributed by atoms with Gasteiger partial charge in [0.05, 0.1) is 17.1 Å². The number of aryl methyl sites for hydroxylation is 1. The van der Waals surface area contributed by atoms with E-state index in [-0.39, 0.29) is 16.8 Å². The molecule has 1 amide bonds. The maximum absolute atomic E-state index is 12.4. The smallest absolute Gasteiger partial charge is 0.240 e. The quantitative estimate of drug-likeness (QED) is 0.729. The van der Waals surface area contributed by atoms with Crippen LogP contribution in [-0.2, 0) is 27.8 Å². The van der Waals surface area contributed by atoms with Gasteiger partial charge in [-0.1, -0.05) is 31.0 Å². The third-order valence-corrected chi connectivity index (χ3v) is 6.28. The Kier molecular flexibility index (Phi) is 6.58. The SMILES string of the molecule is O=C(CCc1ccc(S(=O)(=O)NC2CCCC2)cc1)NCc1ccccn1. The molecule has 2 N–H and O–H groups in total. The summed E-state index contributed by atoms with van der Waals surface area (Å²) >= 11 is 0. The summed E-state index contributed by atoms with van der Waals surface area (Å²) in [5, 5.41) is 2.84. The van der Waals surface area contributed by atoms with Gasteiger partial charge >= 0.3 is 0 Å². The van der Waals surface area contributed by atoms with Crippen molar-refractivity contribution in [3.8, 4) is 0 Å². The van der Waals surface area contributed by atoms with E-state index in [9.17, 15) is 13.2 Å². The maximum atomic E-state index is 12.4. The Morgan fingerprint density at radius 3 is 2.48 bits per heavy atom. The molecule has 1 saturated carbocycles. The number of pyridine rings is 1. The summed E-state index contributed by atoms with van der Waals surface area (Å²) in [6, 6.07) is 12.4. The van der Waals surface area contributed by atoms with E-state index < -0.39 is 10.0 Å². The molecule has 1 aliphatic carbocycles. The Hall–Kier alpha value is -2.25. The standard InChI is InChI=1S/C20H25N3O3S/c24-20(22-15-18-7-3-4-14-21-18)13-10-16-8-11-19(12-9-16)27(25,26)23-17-5-1-2-6-17/h3-4,7-9,11-12,14,17,23H,1-2,5-6,10,13,15H2,(H,22,24).